The monoisotopic (exact) mass is 476 g/mol. The predicted octanol–water partition coefficient (Wildman–Crippen LogP) is 6.15. The molecule has 3 unspecified atom stereocenters. The molecule has 1 saturated heterocycles. The van der Waals surface area contributed by atoms with Gasteiger partial charge in [-0.1, -0.05) is 54.0 Å². The summed E-state index contributed by atoms with van der Waals surface area (Å²) in [4.78, 5) is 14.9. The first kappa shape index (κ1) is 22.8. The van der Waals surface area contributed by atoms with Crippen LogP contribution >= 0.6 is 15.9 Å². The van der Waals surface area contributed by atoms with Gasteiger partial charge in [-0.2, -0.15) is 0 Å². The highest BCUT2D eigenvalue weighted by Crippen LogP contribution is 2.45. The fourth-order valence-electron chi connectivity index (χ4n) is 4.02. The largest absolute Gasteiger partial charge is 0.438 e. The normalized spacial score (nSPS) is 21.8. The summed E-state index contributed by atoms with van der Waals surface area (Å²) in [7, 11) is 0. The standard InChI is InChI=1S/C24H30BrFN2O2/c1-16(18-5-9-20(25)10-6-18)28-14-13-24(30-22(28)29,15-23(3,4)17(2)27)19-7-11-21(26)12-8-19/h5-12,16-17H,13-15,27H2,1-4H3. The van der Waals surface area contributed by atoms with Crippen molar-refractivity contribution in [2.24, 2.45) is 11.1 Å². The maximum atomic E-state index is 13.6. The lowest BCUT2D eigenvalue weighted by atomic mass is 9.71. The molecule has 0 radical (unpaired) electrons. The Morgan fingerprint density at radius 1 is 1.17 bits per heavy atom. The molecular weight excluding hydrogens is 447 g/mol. The number of halogens is 2. The quantitative estimate of drug-likeness (QED) is 0.543. The number of nitrogens with zero attached hydrogens (tertiary/aromatic N) is 1. The second-order valence-corrected chi connectivity index (χ2v) is 9.91. The molecule has 2 N–H and O–H groups in total. The number of rotatable bonds is 6. The van der Waals surface area contributed by atoms with Crippen molar-refractivity contribution in [3.05, 3.63) is 69.9 Å². The van der Waals surface area contributed by atoms with Crippen molar-refractivity contribution in [2.75, 3.05) is 6.54 Å². The van der Waals surface area contributed by atoms with Crippen LogP contribution in [0.1, 0.15) is 57.7 Å². The van der Waals surface area contributed by atoms with E-state index >= 15 is 0 Å². The van der Waals surface area contributed by atoms with E-state index in [9.17, 15) is 9.18 Å². The highest BCUT2D eigenvalue weighted by Gasteiger charge is 2.47. The number of benzene rings is 2. The Kier molecular flexibility index (Phi) is 6.58. The number of amides is 1. The van der Waals surface area contributed by atoms with Crippen LogP contribution in [0.2, 0.25) is 0 Å². The van der Waals surface area contributed by atoms with Gasteiger partial charge in [-0.15, -0.1) is 0 Å². The number of carbonyl (C=O) groups is 1. The van der Waals surface area contributed by atoms with Gasteiger partial charge in [0.2, 0.25) is 0 Å². The third-order valence-corrected chi connectivity index (χ3v) is 6.97. The van der Waals surface area contributed by atoms with Gasteiger partial charge in [0.15, 0.2) is 0 Å². The van der Waals surface area contributed by atoms with E-state index in [1.807, 2.05) is 38.1 Å². The van der Waals surface area contributed by atoms with Gasteiger partial charge in [0.05, 0.1) is 6.04 Å². The Hall–Kier alpha value is -1.92. The summed E-state index contributed by atoms with van der Waals surface area (Å²) in [5.41, 5.74) is 6.98. The summed E-state index contributed by atoms with van der Waals surface area (Å²) in [5, 5.41) is 0. The third-order valence-electron chi connectivity index (χ3n) is 6.44. The maximum absolute atomic E-state index is 13.6. The van der Waals surface area contributed by atoms with Crippen molar-refractivity contribution >= 4 is 22.0 Å². The smallest absolute Gasteiger partial charge is 0.411 e. The fourth-order valence-corrected chi connectivity index (χ4v) is 4.29. The van der Waals surface area contributed by atoms with Gasteiger partial charge in [-0.25, -0.2) is 9.18 Å². The van der Waals surface area contributed by atoms with Gasteiger partial charge in [0.25, 0.3) is 0 Å². The molecule has 2 aromatic rings. The van der Waals surface area contributed by atoms with Crippen LogP contribution in [0.3, 0.4) is 0 Å². The summed E-state index contributed by atoms with van der Waals surface area (Å²) in [5.74, 6) is -0.312. The van der Waals surface area contributed by atoms with Crippen molar-refractivity contribution in [2.45, 2.75) is 58.2 Å². The molecule has 1 aliphatic heterocycles. The van der Waals surface area contributed by atoms with Crippen LogP contribution in [0.4, 0.5) is 9.18 Å². The first-order chi connectivity index (χ1) is 14.0. The fraction of sp³-hybridized carbons (Fsp3) is 0.458. The summed E-state index contributed by atoms with van der Waals surface area (Å²) in [6, 6.07) is 14.0. The SMILES string of the molecule is CC(c1ccc(Br)cc1)N1CCC(CC(C)(C)C(C)N)(c2ccc(F)cc2)OC1=O. The molecule has 1 amide bonds. The van der Waals surface area contributed by atoms with E-state index in [0.29, 0.717) is 19.4 Å². The molecule has 6 heteroatoms. The topological polar surface area (TPSA) is 55.6 Å². The second-order valence-electron chi connectivity index (χ2n) is 8.99. The van der Waals surface area contributed by atoms with Gasteiger partial charge in [0, 0.05) is 23.5 Å². The molecule has 1 fully saturated rings. The number of ether oxygens (including phenoxy) is 1. The lowest BCUT2D eigenvalue weighted by molar-refractivity contribution is -0.0847. The van der Waals surface area contributed by atoms with E-state index in [1.165, 1.54) is 12.1 Å². The molecule has 0 bridgehead atoms. The average molecular weight is 477 g/mol. The van der Waals surface area contributed by atoms with Crippen LogP contribution in [-0.2, 0) is 10.3 Å². The van der Waals surface area contributed by atoms with Crippen LogP contribution in [0.25, 0.3) is 0 Å². The minimum Gasteiger partial charge on any atom is -0.438 e. The van der Waals surface area contributed by atoms with Crippen molar-refractivity contribution in [1.29, 1.82) is 0 Å². The molecule has 3 rings (SSSR count). The second kappa shape index (κ2) is 8.67. The molecule has 4 nitrogen and oxygen atoms in total. The molecule has 0 aliphatic carbocycles. The van der Waals surface area contributed by atoms with E-state index in [1.54, 1.807) is 17.0 Å². The minimum atomic E-state index is -0.835. The van der Waals surface area contributed by atoms with Crippen molar-refractivity contribution < 1.29 is 13.9 Å². The molecule has 30 heavy (non-hydrogen) atoms. The van der Waals surface area contributed by atoms with Crippen LogP contribution in [0, 0.1) is 11.2 Å². The average Bonchev–Trinajstić information content (AvgIpc) is 2.68. The van der Waals surface area contributed by atoms with E-state index in [0.717, 1.165) is 15.6 Å². The molecular formula is C24H30BrFN2O2. The van der Waals surface area contributed by atoms with Crippen LogP contribution in [0.5, 0.6) is 0 Å². The van der Waals surface area contributed by atoms with E-state index in [2.05, 4.69) is 29.8 Å². The number of carbonyl (C=O) groups excluding carboxylic acids is 1. The van der Waals surface area contributed by atoms with Crippen LogP contribution in [-0.4, -0.2) is 23.6 Å². The van der Waals surface area contributed by atoms with E-state index in [-0.39, 0.29) is 29.4 Å². The molecule has 162 valence electrons. The highest BCUT2D eigenvalue weighted by molar-refractivity contribution is 9.10. The molecule has 0 spiro atoms. The third kappa shape index (κ3) is 4.70. The maximum Gasteiger partial charge on any atom is 0.411 e. The van der Waals surface area contributed by atoms with Gasteiger partial charge in [-0.3, -0.25) is 0 Å². The van der Waals surface area contributed by atoms with Crippen molar-refractivity contribution in [3.8, 4) is 0 Å². The van der Waals surface area contributed by atoms with Gasteiger partial charge < -0.3 is 15.4 Å². The van der Waals surface area contributed by atoms with Crippen molar-refractivity contribution in [3.63, 3.8) is 0 Å². The summed E-state index contributed by atoms with van der Waals surface area (Å²) in [6.07, 6.45) is 0.818. The molecule has 0 aromatic heterocycles. The Labute approximate surface area is 186 Å². The first-order valence-corrected chi connectivity index (χ1v) is 11.1. The van der Waals surface area contributed by atoms with Crippen molar-refractivity contribution in [1.82, 2.24) is 4.90 Å². The van der Waals surface area contributed by atoms with Gasteiger partial charge in [-0.05, 0) is 61.1 Å². The lowest BCUT2D eigenvalue weighted by Gasteiger charge is -2.47. The molecule has 3 atom stereocenters. The number of cyclic esters (lactones) is 1. The predicted molar refractivity (Wildman–Crippen MR) is 120 cm³/mol. The summed E-state index contributed by atoms with van der Waals surface area (Å²) >= 11 is 3.45. The molecule has 1 aliphatic rings. The number of hydrogen-bond donors (Lipinski definition) is 1. The highest BCUT2D eigenvalue weighted by atomic mass is 79.9. The summed E-state index contributed by atoms with van der Waals surface area (Å²) < 4.78 is 20.7. The Balaban J connectivity index is 1.90. The lowest BCUT2D eigenvalue weighted by Crippen LogP contribution is -2.52. The summed E-state index contributed by atoms with van der Waals surface area (Å²) in [6.45, 7) is 8.66. The van der Waals surface area contributed by atoms with Gasteiger partial charge in [0.1, 0.15) is 11.4 Å². The Morgan fingerprint density at radius 3 is 2.30 bits per heavy atom. The van der Waals surface area contributed by atoms with E-state index < -0.39 is 5.60 Å². The van der Waals surface area contributed by atoms with Crippen LogP contribution < -0.4 is 5.73 Å². The zero-order valence-electron chi connectivity index (χ0n) is 18.0. The minimum absolute atomic E-state index is 0.0896. The first-order valence-electron chi connectivity index (χ1n) is 10.3. The number of hydrogen-bond acceptors (Lipinski definition) is 3. The zero-order chi connectivity index (χ0) is 22.1. The zero-order valence-corrected chi connectivity index (χ0v) is 19.6. The van der Waals surface area contributed by atoms with Crippen LogP contribution in [0.15, 0.2) is 53.0 Å². The Bertz CT molecular complexity index is 883. The molecule has 0 saturated carbocycles. The Morgan fingerprint density at radius 2 is 1.77 bits per heavy atom. The molecule has 2 aromatic carbocycles. The number of nitrogens with two attached hydrogens (primary N) is 1. The van der Waals surface area contributed by atoms with Gasteiger partial charge >= 0.3 is 6.09 Å². The molecule has 1 heterocycles. The van der Waals surface area contributed by atoms with E-state index in [4.69, 9.17) is 10.5 Å².